The molecule has 0 atom stereocenters. The Morgan fingerprint density at radius 3 is 2.59 bits per heavy atom. The van der Waals surface area contributed by atoms with Crippen molar-refractivity contribution in [1.29, 1.82) is 5.26 Å². The Morgan fingerprint density at radius 1 is 1.03 bits per heavy atom. The molecule has 0 N–H and O–H groups in total. The van der Waals surface area contributed by atoms with Crippen LogP contribution < -0.4 is 5.63 Å². The van der Waals surface area contributed by atoms with E-state index in [1.54, 1.807) is 66.1 Å². The van der Waals surface area contributed by atoms with E-state index in [9.17, 15) is 10.1 Å². The van der Waals surface area contributed by atoms with Crippen molar-refractivity contribution >= 4 is 68.8 Å². The molecule has 34 heavy (non-hydrogen) atoms. The molecule has 0 saturated carbocycles. The second-order valence-corrected chi connectivity index (χ2v) is 9.25. The molecular formula is C25H11Cl3N2O3S. The van der Waals surface area contributed by atoms with Crippen LogP contribution >= 0.6 is 46.1 Å². The zero-order valence-corrected chi connectivity index (χ0v) is 20.1. The Bertz CT molecular complexity index is 1670. The fourth-order valence-corrected chi connectivity index (χ4v) is 4.93. The highest BCUT2D eigenvalue weighted by molar-refractivity contribution is 7.11. The van der Waals surface area contributed by atoms with E-state index in [2.05, 4.69) is 11.1 Å². The topological polar surface area (TPSA) is 80.0 Å². The minimum absolute atomic E-state index is 0.274. The van der Waals surface area contributed by atoms with Gasteiger partial charge in [-0.1, -0.05) is 40.9 Å². The molecule has 0 aliphatic carbocycles. The molecule has 0 aliphatic rings. The summed E-state index contributed by atoms with van der Waals surface area (Å²) in [7, 11) is 0. The number of hydrogen-bond donors (Lipinski definition) is 0. The lowest BCUT2D eigenvalue weighted by Gasteiger charge is -2.02. The van der Waals surface area contributed by atoms with E-state index in [-0.39, 0.29) is 11.1 Å². The Morgan fingerprint density at radius 2 is 1.82 bits per heavy atom. The largest absolute Gasteiger partial charge is 0.457 e. The lowest BCUT2D eigenvalue weighted by Crippen LogP contribution is -2.02. The SMILES string of the molecule is N#CC(=Cc1ccc(-c2c(Cl)cccc2Cl)o1)c1nc(-c2cc3cc(Cl)ccc3oc2=O)cs1. The number of halogens is 3. The number of aromatic nitrogens is 1. The van der Waals surface area contributed by atoms with E-state index in [0.29, 0.717) is 53.8 Å². The minimum Gasteiger partial charge on any atom is -0.457 e. The van der Waals surface area contributed by atoms with Crippen LogP contribution in [0.2, 0.25) is 15.1 Å². The summed E-state index contributed by atoms with van der Waals surface area (Å²) in [6.07, 6.45) is 1.57. The minimum atomic E-state index is -0.526. The van der Waals surface area contributed by atoms with Gasteiger partial charge >= 0.3 is 5.63 Å². The normalized spacial score (nSPS) is 11.6. The average Bonchev–Trinajstić information content (AvgIpc) is 3.47. The van der Waals surface area contributed by atoms with Gasteiger partial charge in [0.15, 0.2) is 0 Å². The summed E-state index contributed by atoms with van der Waals surface area (Å²) >= 11 is 19.8. The second kappa shape index (κ2) is 9.13. The van der Waals surface area contributed by atoms with Crippen LogP contribution in [0, 0.1) is 11.3 Å². The predicted molar refractivity (Wildman–Crippen MR) is 136 cm³/mol. The Balaban J connectivity index is 1.50. The van der Waals surface area contributed by atoms with Crippen LogP contribution in [-0.4, -0.2) is 4.98 Å². The van der Waals surface area contributed by atoms with Gasteiger partial charge in [-0.3, -0.25) is 0 Å². The number of furan rings is 1. The first-order chi connectivity index (χ1) is 16.4. The molecule has 0 radical (unpaired) electrons. The zero-order valence-electron chi connectivity index (χ0n) is 17.0. The molecular weight excluding hydrogens is 515 g/mol. The molecule has 0 unspecified atom stereocenters. The van der Waals surface area contributed by atoms with Gasteiger partial charge in [-0.25, -0.2) is 9.78 Å². The van der Waals surface area contributed by atoms with Gasteiger partial charge in [0.05, 0.1) is 32.4 Å². The maximum atomic E-state index is 12.5. The summed E-state index contributed by atoms with van der Waals surface area (Å²) in [6.45, 7) is 0. The van der Waals surface area contributed by atoms with Gasteiger partial charge in [-0.15, -0.1) is 11.3 Å². The number of allylic oxidation sites excluding steroid dienone is 1. The van der Waals surface area contributed by atoms with Gasteiger partial charge in [-0.05, 0) is 48.5 Å². The van der Waals surface area contributed by atoms with Crippen LogP contribution in [0.1, 0.15) is 10.8 Å². The maximum Gasteiger partial charge on any atom is 0.345 e. The predicted octanol–water partition coefficient (Wildman–Crippen LogP) is 8.20. The van der Waals surface area contributed by atoms with Gasteiger partial charge in [0.25, 0.3) is 0 Å². The first kappa shape index (κ1) is 22.5. The number of nitrogens with zero attached hydrogens (tertiary/aromatic N) is 2. The van der Waals surface area contributed by atoms with Gasteiger partial charge in [0, 0.05) is 21.9 Å². The summed E-state index contributed by atoms with van der Waals surface area (Å²) in [5.74, 6) is 0.908. The highest BCUT2D eigenvalue weighted by Crippen LogP contribution is 2.36. The average molecular weight is 526 g/mol. The maximum absolute atomic E-state index is 12.5. The third-order valence-electron chi connectivity index (χ3n) is 4.95. The lowest BCUT2D eigenvalue weighted by molar-refractivity contribution is 0.563. The van der Waals surface area contributed by atoms with Crippen LogP contribution in [0.25, 0.3) is 45.2 Å². The van der Waals surface area contributed by atoms with Gasteiger partial charge in [-0.2, -0.15) is 5.26 Å². The van der Waals surface area contributed by atoms with Crippen LogP contribution in [0.15, 0.2) is 73.6 Å². The van der Waals surface area contributed by atoms with Crippen LogP contribution in [0.4, 0.5) is 0 Å². The number of fused-ring (bicyclic) bond motifs is 1. The van der Waals surface area contributed by atoms with Crippen LogP contribution in [-0.2, 0) is 0 Å². The van der Waals surface area contributed by atoms with Gasteiger partial charge in [0.1, 0.15) is 28.2 Å². The van der Waals surface area contributed by atoms with Crippen molar-refractivity contribution in [3.63, 3.8) is 0 Å². The summed E-state index contributed by atoms with van der Waals surface area (Å²) in [5, 5.41) is 14.0. The standard InChI is InChI=1S/C25H11Cl3N2O3S/c26-15-4-6-21-13(8-15)10-17(25(31)33-21)20-12-34-24(30-20)14(11-29)9-16-5-7-22(32-16)23-18(27)2-1-3-19(23)28/h1-10,12H. The van der Waals surface area contributed by atoms with E-state index >= 15 is 0 Å². The monoisotopic (exact) mass is 524 g/mol. The summed E-state index contributed by atoms with van der Waals surface area (Å²) in [4.78, 5) is 17.0. The lowest BCUT2D eigenvalue weighted by atomic mass is 10.1. The third kappa shape index (κ3) is 4.27. The Hall–Kier alpha value is -3.34. The van der Waals surface area contributed by atoms with Crippen molar-refractivity contribution in [3.8, 4) is 28.7 Å². The third-order valence-corrected chi connectivity index (χ3v) is 6.69. The van der Waals surface area contributed by atoms with Crippen molar-refractivity contribution in [3.05, 3.63) is 96.2 Å². The first-order valence-corrected chi connectivity index (χ1v) is 11.8. The summed E-state index contributed by atoms with van der Waals surface area (Å²) < 4.78 is 11.3. The fraction of sp³-hybridized carbons (Fsp3) is 0. The first-order valence-electron chi connectivity index (χ1n) is 9.78. The molecule has 0 amide bonds. The molecule has 2 aromatic carbocycles. The molecule has 0 spiro atoms. The molecule has 5 aromatic rings. The van der Waals surface area contributed by atoms with Crippen molar-refractivity contribution in [2.45, 2.75) is 0 Å². The summed E-state index contributed by atoms with van der Waals surface area (Å²) in [5.41, 5.74) is 1.43. The number of hydrogen-bond acceptors (Lipinski definition) is 6. The molecule has 9 heteroatoms. The molecule has 3 aromatic heterocycles. The molecule has 0 aliphatic heterocycles. The van der Waals surface area contributed by atoms with E-state index in [1.807, 2.05) is 0 Å². The summed E-state index contributed by atoms with van der Waals surface area (Å²) in [6, 6.07) is 17.4. The number of thiazole rings is 1. The fourth-order valence-electron chi connectivity index (χ4n) is 3.38. The number of rotatable bonds is 4. The highest BCUT2D eigenvalue weighted by Gasteiger charge is 2.16. The Kier molecular flexibility index (Phi) is 6.03. The van der Waals surface area contributed by atoms with Gasteiger partial charge < -0.3 is 8.83 Å². The molecule has 0 saturated heterocycles. The van der Waals surface area contributed by atoms with E-state index < -0.39 is 5.63 Å². The van der Waals surface area contributed by atoms with Gasteiger partial charge in [0.2, 0.25) is 0 Å². The molecule has 0 bridgehead atoms. The quantitative estimate of drug-likeness (QED) is 0.174. The second-order valence-electron chi connectivity index (χ2n) is 7.14. The van der Waals surface area contributed by atoms with E-state index in [0.717, 1.165) is 0 Å². The highest BCUT2D eigenvalue weighted by atomic mass is 35.5. The Labute approximate surface area is 212 Å². The van der Waals surface area contributed by atoms with E-state index in [1.165, 1.54) is 11.3 Å². The molecule has 0 fully saturated rings. The molecule has 5 rings (SSSR count). The molecule has 3 heterocycles. The van der Waals surface area contributed by atoms with Crippen molar-refractivity contribution < 1.29 is 8.83 Å². The number of benzene rings is 2. The molecule has 5 nitrogen and oxygen atoms in total. The van der Waals surface area contributed by atoms with Crippen LogP contribution in [0.5, 0.6) is 0 Å². The van der Waals surface area contributed by atoms with Crippen molar-refractivity contribution in [2.24, 2.45) is 0 Å². The van der Waals surface area contributed by atoms with Crippen molar-refractivity contribution in [1.82, 2.24) is 4.98 Å². The van der Waals surface area contributed by atoms with E-state index in [4.69, 9.17) is 43.6 Å². The smallest absolute Gasteiger partial charge is 0.345 e. The zero-order chi connectivity index (χ0) is 23.8. The molecule has 166 valence electrons. The number of nitriles is 1. The van der Waals surface area contributed by atoms with Crippen molar-refractivity contribution in [2.75, 3.05) is 0 Å². The van der Waals surface area contributed by atoms with Crippen LogP contribution in [0.3, 0.4) is 0 Å².